The molecule has 4 rings (SSSR count). The average molecular weight is 407 g/mol. The van der Waals surface area contributed by atoms with Gasteiger partial charge in [-0.1, -0.05) is 65.8 Å². The maximum absolute atomic E-state index is 12.3. The molecule has 7 heteroatoms. The number of nitrogens with zero attached hydrogens (tertiary/aromatic N) is 3. The number of halogens is 1. The maximum atomic E-state index is 12.3. The molecule has 1 amide bonds. The van der Waals surface area contributed by atoms with Crippen molar-refractivity contribution in [2.24, 2.45) is 0 Å². The Hall–Kier alpha value is -2.96. The van der Waals surface area contributed by atoms with Crippen molar-refractivity contribution in [2.75, 3.05) is 11.1 Å². The van der Waals surface area contributed by atoms with Crippen LogP contribution in [0.1, 0.15) is 0 Å². The normalized spacial score (nSPS) is 10.8. The van der Waals surface area contributed by atoms with Crippen LogP contribution in [0, 0.1) is 0 Å². The molecule has 0 bridgehead atoms. The molecule has 2 aromatic heterocycles. The monoisotopic (exact) mass is 406 g/mol. The first kappa shape index (κ1) is 18.4. The van der Waals surface area contributed by atoms with Crippen molar-refractivity contribution in [3.8, 4) is 11.1 Å². The van der Waals surface area contributed by atoms with E-state index in [0.29, 0.717) is 10.7 Å². The first-order valence-electron chi connectivity index (χ1n) is 8.55. The number of carbonyl (C=O) groups excluding carboxylic acids is 1. The topological polar surface area (TPSA) is 67.8 Å². The molecule has 0 saturated heterocycles. The van der Waals surface area contributed by atoms with Crippen LogP contribution in [0.2, 0.25) is 5.15 Å². The Kier molecular flexibility index (Phi) is 5.50. The standard InChI is InChI=1S/C21H15ClN4OS/c22-20-18(9-4-11-23-20)25-19(27)13-28-21-17(10-12-24-26-21)16-8-3-6-14-5-1-2-7-15(14)16/h1-12H,13H2,(H,25,27). The van der Waals surface area contributed by atoms with Crippen LogP contribution in [0.4, 0.5) is 5.69 Å². The van der Waals surface area contributed by atoms with Crippen LogP contribution < -0.4 is 5.32 Å². The molecule has 4 aromatic rings. The van der Waals surface area contributed by atoms with Gasteiger partial charge in [-0.05, 0) is 34.5 Å². The molecular weight excluding hydrogens is 392 g/mol. The van der Waals surface area contributed by atoms with Crippen molar-refractivity contribution in [1.29, 1.82) is 0 Å². The first-order valence-corrected chi connectivity index (χ1v) is 9.92. The van der Waals surface area contributed by atoms with Crippen LogP contribution in [-0.2, 0) is 4.79 Å². The SMILES string of the molecule is O=C(CSc1nnccc1-c1cccc2ccccc12)Nc1cccnc1Cl. The van der Waals surface area contributed by atoms with Gasteiger partial charge in [0.25, 0.3) is 0 Å². The van der Waals surface area contributed by atoms with E-state index in [2.05, 4.69) is 44.8 Å². The third-order valence-corrected chi connectivity index (χ3v) is 5.42. The molecule has 0 fully saturated rings. The molecular formula is C21H15ClN4OS. The molecule has 0 aliphatic carbocycles. The van der Waals surface area contributed by atoms with Gasteiger partial charge in [-0.25, -0.2) is 4.98 Å². The molecule has 138 valence electrons. The van der Waals surface area contributed by atoms with Crippen molar-refractivity contribution < 1.29 is 4.79 Å². The summed E-state index contributed by atoms with van der Waals surface area (Å²) in [5.74, 6) is -0.00349. The summed E-state index contributed by atoms with van der Waals surface area (Å²) >= 11 is 7.33. The van der Waals surface area contributed by atoms with E-state index in [-0.39, 0.29) is 16.8 Å². The molecule has 0 spiro atoms. The molecule has 0 atom stereocenters. The second-order valence-corrected chi connectivity index (χ2v) is 7.28. The summed E-state index contributed by atoms with van der Waals surface area (Å²) in [6.07, 6.45) is 3.24. The van der Waals surface area contributed by atoms with Gasteiger partial charge < -0.3 is 5.32 Å². The lowest BCUT2D eigenvalue weighted by Gasteiger charge is -2.11. The minimum absolute atomic E-state index is 0.182. The third-order valence-electron chi connectivity index (χ3n) is 4.14. The van der Waals surface area contributed by atoms with Crippen molar-refractivity contribution >= 4 is 45.7 Å². The molecule has 2 heterocycles. The first-order chi connectivity index (χ1) is 13.7. The number of carbonyl (C=O) groups is 1. The number of anilines is 1. The van der Waals surface area contributed by atoms with Gasteiger partial charge in [-0.3, -0.25) is 4.79 Å². The summed E-state index contributed by atoms with van der Waals surface area (Å²) in [4.78, 5) is 16.3. The number of rotatable bonds is 5. The second kappa shape index (κ2) is 8.37. The lowest BCUT2D eigenvalue weighted by molar-refractivity contribution is -0.113. The molecule has 0 saturated carbocycles. The number of fused-ring (bicyclic) bond motifs is 1. The number of nitrogens with one attached hydrogen (secondary N) is 1. The lowest BCUT2D eigenvalue weighted by Crippen LogP contribution is -2.14. The van der Waals surface area contributed by atoms with Crippen LogP contribution in [0.3, 0.4) is 0 Å². The Morgan fingerprint density at radius 3 is 2.71 bits per heavy atom. The molecule has 0 unspecified atom stereocenters. The van der Waals surface area contributed by atoms with Gasteiger partial charge in [-0.15, -0.1) is 5.10 Å². The number of hydrogen-bond donors (Lipinski definition) is 1. The van der Waals surface area contributed by atoms with Crippen LogP contribution in [0.25, 0.3) is 21.9 Å². The van der Waals surface area contributed by atoms with Gasteiger partial charge >= 0.3 is 0 Å². The highest BCUT2D eigenvalue weighted by atomic mass is 35.5. The van der Waals surface area contributed by atoms with Crippen molar-refractivity contribution in [3.05, 3.63) is 78.2 Å². The Morgan fingerprint density at radius 1 is 0.964 bits per heavy atom. The number of benzene rings is 2. The highest BCUT2D eigenvalue weighted by Crippen LogP contribution is 2.34. The summed E-state index contributed by atoms with van der Waals surface area (Å²) in [5, 5.41) is 14.3. The quantitative estimate of drug-likeness (QED) is 0.370. The van der Waals surface area contributed by atoms with Crippen molar-refractivity contribution in [2.45, 2.75) is 5.03 Å². The van der Waals surface area contributed by atoms with E-state index in [0.717, 1.165) is 21.9 Å². The zero-order valence-electron chi connectivity index (χ0n) is 14.7. The smallest absolute Gasteiger partial charge is 0.234 e. The van der Waals surface area contributed by atoms with E-state index in [4.69, 9.17) is 11.6 Å². The Balaban J connectivity index is 1.57. The summed E-state index contributed by atoms with van der Waals surface area (Å²) < 4.78 is 0. The summed E-state index contributed by atoms with van der Waals surface area (Å²) in [6, 6.07) is 19.7. The highest BCUT2D eigenvalue weighted by Gasteiger charge is 2.13. The van der Waals surface area contributed by atoms with Crippen molar-refractivity contribution in [1.82, 2.24) is 15.2 Å². The number of pyridine rings is 1. The number of aromatic nitrogens is 3. The van der Waals surface area contributed by atoms with E-state index in [1.54, 1.807) is 24.5 Å². The second-order valence-electron chi connectivity index (χ2n) is 5.96. The lowest BCUT2D eigenvalue weighted by atomic mass is 10.00. The highest BCUT2D eigenvalue weighted by molar-refractivity contribution is 8.00. The van der Waals surface area contributed by atoms with Gasteiger partial charge in [0.05, 0.1) is 17.6 Å². The van der Waals surface area contributed by atoms with Gasteiger partial charge in [0, 0.05) is 11.8 Å². The van der Waals surface area contributed by atoms with E-state index >= 15 is 0 Å². The number of amides is 1. The predicted octanol–water partition coefficient (Wildman–Crippen LogP) is 5.08. The molecule has 0 radical (unpaired) electrons. The predicted molar refractivity (Wildman–Crippen MR) is 114 cm³/mol. The summed E-state index contributed by atoms with van der Waals surface area (Å²) in [7, 11) is 0. The van der Waals surface area contributed by atoms with E-state index < -0.39 is 0 Å². The minimum Gasteiger partial charge on any atom is -0.323 e. The van der Waals surface area contributed by atoms with E-state index in [1.165, 1.54) is 11.8 Å². The average Bonchev–Trinajstić information content (AvgIpc) is 2.74. The van der Waals surface area contributed by atoms with Crippen LogP contribution in [0.15, 0.2) is 78.1 Å². The molecule has 28 heavy (non-hydrogen) atoms. The molecule has 1 N–H and O–H groups in total. The zero-order valence-corrected chi connectivity index (χ0v) is 16.2. The Bertz CT molecular complexity index is 1150. The number of hydrogen-bond acceptors (Lipinski definition) is 5. The fraction of sp³-hybridized carbons (Fsp3) is 0.0476. The maximum Gasteiger partial charge on any atom is 0.234 e. The third kappa shape index (κ3) is 3.98. The van der Waals surface area contributed by atoms with Crippen LogP contribution in [-0.4, -0.2) is 26.8 Å². The molecule has 0 aliphatic heterocycles. The fourth-order valence-corrected chi connectivity index (χ4v) is 3.84. The minimum atomic E-state index is -0.186. The van der Waals surface area contributed by atoms with Gasteiger partial charge in [-0.2, -0.15) is 5.10 Å². The molecule has 5 nitrogen and oxygen atoms in total. The zero-order chi connectivity index (χ0) is 19.3. The van der Waals surface area contributed by atoms with Gasteiger partial charge in [0.15, 0.2) is 5.15 Å². The summed E-state index contributed by atoms with van der Waals surface area (Å²) in [6.45, 7) is 0. The molecule has 2 aromatic carbocycles. The van der Waals surface area contributed by atoms with Crippen LogP contribution >= 0.6 is 23.4 Å². The number of thioether (sulfide) groups is 1. The van der Waals surface area contributed by atoms with Crippen LogP contribution in [0.5, 0.6) is 0 Å². The van der Waals surface area contributed by atoms with Gasteiger partial charge in [0.2, 0.25) is 5.91 Å². The van der Waals surface area contributed by atoms with Crippen molar-refractivity contribution in [3.63, 3.8) is 0 Å². The Morgan fingerprint density at radius 2 is 1.82 bits per heavy atom. The summed E-state index contributed by atoms with van der Waals surface area (Å²) in [5.41, 5.74) is 2.50. The molecule has 0 aliphatic rings. The van der Waals surface area contributed by atoms with Gasteiger partial charge in [0.1, 0.15) is 5.03 Å². The fourth-order valence-electron chi connectivity index (χ4n) is 2.89. The Labute approximate surface area is 171 Å². The largest absolute Gasteiger partial charge is 0.323 e. The van der Waals surface area contributed by atoms with E-state index in [9.17, 15) is 4.79 Å². The van der Waals surface area contributed by atoms with E-state index in [1.807, 2.05) is 24.3 Å².